The molecule has 0 amide bonds. The van der Waals surface area contributed by atoms with Crippen LogP contribution in [0.25, 0.3) is 0 Å². The van der Waals surface area contributed by atoms with Crippen LogP contribution in [0.5, 0.6) is 0 Å². The fourth-order valence-electron chi connectivity index (χ4n) is 3.08. The molecule has 1 aliphatic carbocycles. The number of rotatable bonds is 5. The third-order valence-electron chi connectivity index (χ3n) is 4.55. The second-order valence-corrected chi connectivity index (χ2v) is 6.09. The molecule has 1 fully saturated rings. The maximum Gasteiger partial charge on any atom is 0.337 e. The van der Waals surface area contributed by atoms with Crippen molar-refractivity contribution >= 4 is 11.7 Å². The molecule has 1 aromatic rings. The maximum absolute atomic E-state index is 11.5. The van der Waals surface area contributed by atoms with Crippen LogP contribution in [0.15, 0.2) is 18.2 Å². The molecule has 1 saturated carbocycles. The smallest absolute Gasteiger partial charge is 0.337 e. The van der Waals surface area contributed by atoms with Gasteiger partial charge in [0, 0.05) is 17.6 Å². The van der Waals surface area contributed by atoms with Gasteiger partial charge in [-0.05, 0) is 43.5 Å². The second kappa shape index (κ2) is 6.94. The Morgan fingerprint density at radius 2 is 2.05 bits per heavy atom. The predicted molar refractivity (Wildman–Crippen MR) is 83.6 cm³/mol. The molecule has 2 N–H and O–H groups in total. The van der Waals surface area contributed by atoms with Gasteiger partial charge in [-0.1, -0.05) is 19.3 Å². The Bertz CT molecular complexity index is 493. The monoisotopic (exact) mass is 291 g/mol. The van der Waals surface area contributed by atoms with Crippen molar-refractivity contribution in [3.63, 3.8) is 0 Å². The zero-order valence-corrected chi connectivity index (χ0v) is 12.9. The van der Waals surface area contributed by atoms with Crippen molar-refractivity contribution in [1.29, 1.82) is 0 Å². The average Bonchev–Trinajstić information content (AvgIpc) is 2.53. The van der Waals surface area contributed by atoms with Gasteiger partial charge in [-0.25, -0.2) is 4.79 Å². The fraction of sp³-hybridized carbons (Fsp3) is 0.588. The van der Waals surface area contributed by atoms with E-state index >= 15 is 0 Å². The van der Waals surface area contributed by atoms with Gasteiger partial charge in [0.05, 0.1) is 19.3 Å². The number of ether oxygens (including phenoxy) is 1. The Morgan fingerprint density at radius 1 is 1.33 bits per heavy atom. The second-order valence-electron chi connectivity index (χ2n) is 6.09. The van der Waals surface area contributed by atoms with E-state index in [4.69, 9.17) is 4.74 Å². The van der Waals surface area contributed by atoms with Crippen molar-refractivity contribution in [2.75, 3.05) is 25.6 Å². The maximum atomic E-state index is 11.5. The van der Waals surface area contributed by atoms with E-state index in [0.717, 1.165) is 30.6 Å². The number of aliphatic hydroxyl groups excluding tert-OH is 1. The van der Waals surface area contributed by atoms with E-state index < -0.39 is 0 Å². The minimum Gasteiger partial charge on any atom is -0.465 e. The lowest BCUT2D eigenvalue weighted by atomic mass is 9.74. The zero-order valence-electron chi connectivity index (χ0n) is 12.9. The quantitative estimate of drug-likeness (QED) is 0.818. The SMILES string of the molecule is COC(=O)c1ccc(NCC2(CO)CCCCC2)c(C)c1. The number of hydrogen-bond acceptors (Lipinski definition) is 4. The van der Waals surface area contributed by atoms with Crippen LogP contribution in [-0.4, -0.2) is 31.3 Å². The zero-order chi connectivity index (χ0) is 15.3. The number of benzene rings is 1. The van der Waals surface area contributed by atoms with E-state index in [1.807, 2.05) is 19.1 Å². The molecule has 116 valence electrons. The highest BCUT2D eigenvalue weighted by atomic mass is 16.5. The molecule has 4 nitrogen and oxygen atoms in total. The summed E-state index contributed by atoms with van der Waals surface area (Å²) in [5.74, 6) is -0.316. The van der Waals surface area contributed by atoms with E-state index in [1.54, 1.807) is 6.07 Å². The van der Waals surface area contributed by atoms with Gasteiger partial charge < -0.3 is 15.2 Å². The van der Waals surface area contributed by atoms with E-state index in [0.29, 0.717) is 5.56 Å². The molecule has 0 aliphatic heterocycles. The molecular weight excluding hydrogens is 266 g/mol. The van der Waals surface area contributed by atoms with Crippen LogP contribution >= 0.6 is 0 Å². The van der Waals surface area contributed by atoms with Gasteiger partial charge in [-0.15, -0.1) is 0 Å². The molecule has 0 spiro atoms. The minimum absolute atomic E-state index is 0.00567. The van der Waals surface area contributed by atoms with Crippen molar-refractivity contribution in [3.8, 4) is 0 Å². The van der Waals surface area contributed by atoms with Gasteiger partial charge in [0.1, 0.15) is 0 Å². The van der Waals surface area contributed by atoms with E-state index in [9.17, 15) is 9.90 Å². The number of carbonyl (C=O) groups is 1. The van der Waals surface area contributed by atoms with E-state index in [1.165, 1.54) is 26.4 Å². The number of carbonyl (C=O) groups excluding carboxylic acids is 1. The standard InChI is InChI=1S/C17H25NO3/c1-13-10-14(16(20)21-2)6-7-15(13)18-11-17(12-19)8-4-3-5-9-17/h6-7,10,18-19H,3-5,8-9,11-12H2,1-2H3. The first kappa shape index (κ1) is 15.8. The van der Waals surface area contributed by atoms with Crippen molar-refractivity contribution in [1.82, 2.24) is 0 Å². The van der Waals surface area contributed by atoms with Gasteiger partial charge in [-0.2, -0.15) is 0 Å². The van der Waals surface area contributed by atoms with Gasteiger partial charge in [-0.3, -0.25) is 0 Å². The highest BCUT2D eigenvalue weighted by molar-refractivity contribution is 5.90. The summed E-state index contributed by atoms with van der Waals surface area (Å²) in [5, 5.41) is 13.2. The highest BCUT2D eigenvalue weighted by Gasteiger charge is 2.31. The van der Waals surface area contributed by atoms with E-state index in [-0.39, 0.29) is 18.0 Å². The highest BCUT2D eigenvalue weighted by Crippen LogP contribution is 2.36. The van der Waals surface area contributed by atoms with Gasteiger partial charge in [0.25, 0.3) is 0 Å². The number of aryl methyl sites for hydroxylation is 1. The number of aliphatic hydroxyl groups is 1. The normalized spacial score (nSPS) is 17.3. The number of esters is 1. The van der Waals surface area contributed by atoms with Crippen LogP contribution in [0.2, 0.25) is 0 Å². The molecule has 0 radical (unpaired) electrons. The first-order valence-electron chi connectivity index (χ1n) is 7.64. The number of methoxy groups -OCH3 is 1. The average molecular weight is 291 g/mol. The molecule has 0 aromatic heterocycles. The molecule has 1 aliphatic rings. The summed E-state index contributed by atoms with van der Waals surface area (Å²) in [6.45, 7) is 2.99. The fourth-order valence-corrected chi connectivity index (χ4v) is 3.08. The lowest BCUT2D eigenvalue weighted by Crippen LogP contribution is -2.35. The molecule has 1 aromatic carbocycles. The molecule has 0 unspecified atom stereocenters. The van der Waals surface area contributed by atoms with Crippen LogP contribution in [0.4, 0.5) is 5.69 Å². The van der Waals surface area contributed by atoms with Crippen molar-refractivity contribution < 1.29 is 14.6 Å². The first-order chi connectivity index (χ1) is 10.1. The predicted octanol–water partition coefficient (Wildman–Crippen LogP) is 3.14. The Morgan fingerprint density at radius 3 is 2.62 bits per heavy atom. The Labute approximate surface area is 126 Å². The molecule has 0 bridgehead atoms. The molecule has 0 atom stereocenters. The third kappa shape index (κ3) is 3.76. The summed E-state index contributed by atoms with van der Waals surface area (Å²) in [5.41, 5.74) is 2.60. The minimum atomic E-state index is -0.316. The molecule has 0 heterocycles. The van der Waals surface area contributed by atoms with Gasteiger partial charge in [0.2, 0.25) is 0 Å². The van der Waals surface area contributed by atoms with Crippen LogP contribution in [0.3, 0.4) is 0 Å². The number of nitrogens with one attached hydrogen (secondary N) is 1. The summed E-state index contributed by atoms with van der Waals surface area (Å²) in [4.78, 5) is 11.5. The summed E-state index contributed by atoms with van der Waals surface area (Å²) in [6, 6.07) is 5.52. The van der Waals surface area contributed by atoms with E-state index in [2.05, 4.69) is 5.32 Å². The van der Waals surface area contributed by atoms with Gasteiger partial charge >= 0.3 is 5.97 Å². The van der Waals surface area contributed by atoms with Crippen LogP contribution < -0.4 is 5.32 Å². The van der Waals surface area contributed by atoms with Crippen LogP contribution in [0, 0.1) is 12.3 Å². The molecular formula is C17H25NO3. The third-order valence-corrected chi connectivity index (χ3v) is 4.55. The van der Waals surface area contributed by atoms with Crippen LogP contribution in [-0.2, 0) is 4.74 Å². The molecule has 2 rings (SSSR count). The van der Waals surface area contributed by atoms with Crippen molar-refractivity contribution in [2.24, 2.45) is 5.41 Å². The summed E-state index contributed by atoms with van der Waals surface area (Å²) in [6.07, 6.45) is 5.82. The summed E-state index contributed by atoms with van der Waals surface area (Å²) < 4.78 is 4.73. The lowest BCUT2D eigenvalue weighted by Gasteiger charge is -2.36. The lowest BCUT2D eigenvalue weighted by molar-refractivity contribution is 0.0600. The summed E-state index contributed by atoms with van der Waals surface area (Å²) >= 11 is 0. The van der Waals surface area contributed by atoms with Gasteiger partial charge in [0.15, 0.2) is 0 Å². The summed E-state index contributed by atoms with van der Waals surface area (Å²) in [7, 11) is 1.39. The first-order valence-corrected chi connectivity index (χ1v) is 7.64. The molecule has 4 heteroatoms. The Kier molecular flexibility index (Phi) is 5.23. The largest absolute Gasteiger partial charge is 0.465 e. The topological polar surface area (TPSA) is 58.6 Å². The molecule has 21 heavy (non-hydrogen) atoms. The van der Waals surface area contributed by atoms with Crippen molar-refractivity contribution in [2.45, 2.75) is 39.0 Å². The van der Waals surface area contributed by atoms with Crippen molar-refractivity contribution in [3.05, 3.63) is 29.3 Å². The Balaban J connectivity index is 2.04. The number of hydrogen-bond donors (Lipinski definition) is 2. The van der Waals surface area contributed by atoms with Crippen LogP contribution in [0.1, 0.15) is 48.0 Å². The number of anilines is 1. The molecule has 0 saturated heterocycles. The Hall–Kier alpha value is -1.55.